The molecule has 1 N–H and O–H groups in total. The molecule has 3 heterocycles. The highest BCUT2D eigenvalue weighted by Gasteiger charge is 2.19. The average molecular weight is 399 g/mol. The van der Waals surface area contributed by atoms with Gasteiger partial charge >= 0.3 is 0 Å². The van der Waals surface area contributed by atoms with Crippen molar-refractivity contribution in [3.05, 3.63) is 72.2 Å². The van der Waals surface area contributed by atoms with E-state index in [1.807, 2.05) is 18.2 Å². The quantitative estimate of drug-likeness (QED) is 0.704. The number of aryl methyl sites for hydroxylation is 1. The molecule has 0 bridgehead atoms. The van der Waals surface area contributed by atoms with Gasteiger partial charge in [-0.2, -0.15) is 0 Å². The van der Waals surface area contributed by atoms with E-state index in [-0.39, 0.29) is 5.91 Å². The van der Waals surface area contributed by atoms with Gasteiger partial charge in [0.1, 0.15) is 5.69 Å². The number of para-hydroxylation sites is 1. The van der Waals surface area contributed by atoms with E-state index in [1.54, 1.807) is 12.4 Å². The molecular weight excluding hydrogens is 374 g/mol. The monoisotopic (exact) mass is 399 g/mol. The Balaban J connectivity index is 1.27. The zero-order chi connectivity index (χ0) is 20.3. The molecule has 0 spiro atoms. The third kappa shape index (κ3) is 3.73. The molecule has 6 nitrogen and oxygen atoms in total. The molecule has 2 aromatic carbocycles. The van der Waals surface area contributed by atoms with Crippen LogP contribution in [0.5, 0.6) is 0 Å². The summed E-state index contributed by atoms with van der Waals surface area (Å²) >= 11 is 0. The fourth-order valence-corrected chi connectivity index (χ4v) is 4.28. The molecule has 1 saturated heterocycles. The lowest BCUT2D eigenvalue weighted by molar-refractivity contribution is 0.102. The van der Waals surface area contributed by atoms with Gasteiger partial charge in [0.05, 0.1) is 12.4 Å². The number of nitrogens with one attached hydrogen (secondary N) is 1. The van der Waals surface area contributed by atoms with Crippen molar-refractivity contribution in [3.63, 3.8) is 0 Å². The molecule has 2 aliphatic heterocycles. The molecule has 6 heteroatoms. The van der Waals surface area contributed by atoms with Crippen LogP contribution in [0.3, 0.4) is 0 Å². The predicted octanol–water partition coefficient (Wildman–Crippen LogP) is 4.41. The van der Waals surface area contributed by atoms with Gasteiger partial charge in [-0.25, -0.2) is 9.97 Å². The molecule has 0 saturated carbocycles. The molecule has 0 unspecified atom stereocenters. The Bertz CT molecular complexity index is 1030. The van der Waals surface area contributed by atoms with E-state index in [0.717, 1.165) is 44.0 Å². The Morgan fingerprint density at radius 3 is 2.43 bits per heavy atom. The summed E-state index contributed by atoms with van der Waals surface area (Å²) in [5.41, 5.74) is 4.78. The maximum Gasteiger partial charge on any atom is 0.275 e. The van der Waals surface area contributed by atoms with Gasteiger partial charge in [-0.05, 0) is 61.6 Å². The van der Waals surface area contributed by atoms with E-state index in [0.29, 0.717) is 5.69 Å². The Kier molecular flexibility index (Phi) is 5.05. The van der Waals surface area contributed by atoms with Crippen molar-refractivity contribution in [2.75, 3.05) is 34.8 Å². The lowest BCUT2D eigenvalue weighted by Crippen LogP contribution is -2.25. The lowest BCUT2D eigenvalue weighted by atomic mass is 10.0. The summed E-state index contributed by atoms with van der Waals surface area (Å²) in [4.78, 5) is 26.0. The molecule has 0 atom stereocenters. The largest absolute Gasteiger partial charge is 0.372 e. The standard InChI is InChI=1S/C24H25N5O/c30-24(27-19-9-11-20(12-10-19)28-13-3-4-14-28)21-16-26-23(17-25-21)29-15-5-7-18-6-1-2-8-22(18)29/h1-2,6,8-12,16-17H,3-5,7,13-15H2,(H,27,30). The Morgan fingerprint density at radius 1 is 0.867 bits per heavy atom. The number of benzene rings is 2. The highest BCUT2D eigenvalue weighted by Crippen LogP contribution is 2.31. The van der Waals surface area contributed by atoms with E-state index in [1.165, 1.54) is 29.8 Å². The number of fused-ring (bicyclic) bond motifs is 1. The molecular formula is C24H25N5O. The lowest BCUT2D eigenvalue weighted by Gasteiger charge is -2.30. The van der Waals surface area contributed by atoms with E-state index in [2.05, 4.69) is 55.4 Å². The van der Waals surface area contributed by atoms with E-state index in [9.17, 15) is 4.79 Å². The van der Waals surface area contributed by atoms with Crippen LogP contribution < -0.4 is 15.1 Å². The molecule has 5 rings (SSSR count). The highest BCUT2D eigenvalue weighted by atomic mass is 16.1. The van der Waals surface area contributed by atoms with Crippen molar-refractivity contribution in [1.82, 2.24) is 9.97 Å². The second-order valence-corrected chi connectivity index (χ2v) is 7.84. The van der Waals surface area contributed by atoms with Crippen LogP contribution in [0.15, 0.2) is 60.9 Å². The third-order valence-corrected chi connectivity index (χ3v) is 5.85. The van der Waals surface area contributed by atoms with Gasteiger partial charge in [-0.1, -0.05) is 18.2 Å². The second kappa shape index (κ2) is 8.14. The zero-order valence-electron chi connectivity index (χ0n) is 16.9. The third-order valence-electron chi connectivity index (χ3n) is 5.85. The number of amides is 1. The van der Waals surface area contributed by atoms with Crippen molar-refractivity contribution in [2.24, 2.45) is 0 Å². The first kappa shape index (κ1) is 18.6. The van der Waals surface area contributed by atoms with E-state index < -0.39 is 0 Å². The van der Waals surface area contributed by atoms with Gasteiger partial charge in [-0.3, -0.25) is 4.79 Å². The van der Waals surface area contributed by atoms with Gasteiger partial charge in [0.15, 0.2) is 5.82 Å². The fraction of sp³-hybridized carbons (Fsp3) is 0.292. The van der Waals surface area contributed by atoms with Gasteiger partial charge in [-0.15, -0.1) is 0 Å². The van der Waals surface area contributed by atoms with Crippen molar-refractivity contribution < 1.29 is 4.79 Å². The van der Waals surface area contributed by atoms with E-state index in [4.69, 9.17) is 0 Å². The normalized spacial score (nSPS) is 15.7. The molecule has 152 valence electrons. The zero-order valence-corrected chi connectivity index (χ0v) is 16.9. The molecule has 0 aliphatic carbocycles. The smallest absolute Gasteiger partial charge is 0.275 e. The number of carbonyl (C=O) groups excluding carboxylic acids is 1. The summed E-state index contributed by atoms with van der Waals surface area (Å²) in [5.74, 6) is 0.524. The van der Waals surface area contributed by atoms with Crippen LogP contribution in [0.25, 0.3) is 0 Å². The van der Waals surface area contributed by atoms with Crippen molar-refractivity contribution in [3.8, 4) is 0 Å². The maximum absolute atomic E-state index is 12.6. The number of hydrogen-bond acceptors (Lipinski definition) is 5. The molecule has 3 aromatic rings. The van der Waals surface area contributed by atoms with Crippen LogP contribution in [-0.2, 0) is 6.42 Å². The minimum atomic E-state index is -0.248. The van der Waals surface area contributed by atoms with E-state index >= 15 is 0 Å². The number of aromatic nitrogens is 2. The summed E-state index contributed by atoms with van der Waals surface area (Å²) in [6, 6.07) is 16.4. The number of anilines is 4. The molecule has 1 amide bonds. The number of hydrogen-bond donors (Lipinski definition) is 1. The van der Waals surface area contributed by atoms with Crippen LogP contribution in [0.1, 0.15) is 35.3 Å². The second-order valence-electron chi connectivity index (χ2n) is 7.84. The fourth-order valence-electron chi connectivity index (χ4n) is 4.28. The molecule has 30 heavy (non-hydrogen) atoms. The first-order valence-corrected chi connectivity index (χ1v) is 10.6. The first-order chi connectivity index (χ1) is 14.8. The Labute approximate surface area is 176 Å². The summed E-state index contributed by atoms with van der Waals surface area (Å²) < 4.78 is 0. The van der Waals surface area contributed by atoms with Crippen LogP contribution in [0.2, 0.25) is 0 Å². The van der Waals surface area contributed by atoms with Gasteiger partial charge in [0.2, 0.25) is 0 Å². The van der Waals surface area contributed by atoms with Crippen LogP contribution in [0, 0.1) is 0 Å². The average Bonchev–Trinajstić information content (AvgIpc) is 3.34. The summed E-state index contributed by atoms with van der Waals surface area (Å²) in [5, 5.41) is 2.92. The molecule has 2 aliphatic rings. The van der Waals surface area contributed by atoms with Crippen molar-refractivity contribution in [1.29, 1.82) is 0 Å². The summed E-state index contributed by atoms with van der Waals surface area (Å²) in [6.45, 7) is 3.12. The SMILES string of the molecule is O=C(Nc1ccc(N2CCCC2)cc1)c1cnc(N2CCCc3ccccc32)cn1. The topological polar surface area (TPSA) is 61.4 Å². The minimum absolute atomic E-state index is 0.248. The predicted molar refractivity (Wildman–Crippen MR) is 120 cm³/mol. The Hall–Kier alpha value is -3.41. The van der Waals surface area contributed by atoms with Crippen LogP contribution >= 0.6 is 0 Å². The maximum atomic E-state index is 12.6. The number of rotatable bonds is 4. The number of carbonyl (C=O) groups is 1. The van der Waals surface area contributed by atoms with Gasteiger partial charge in [0, 0.05) is 36.7 Å². The summed E-state index contributed by atoms with van der Waals surface area (Å²) in [6.07, 6.45) is 7.89. The highest BCUT2D eigenvalue weighted by molar-refractivity contribution is 6.02. The van der Waals surface area contributed by atoms with Crippen LogP contribution in [0.4, 0.5) is 22.9 Å². The molecule has 0 radical (unpaired) electrons. The minimum Gasteiger partial charge on any atom is -0.372 e. The van der Waals surface area contributed by atoms with Gasteiger partial charge in [0.25, 0.3) is 5.91 Å². The van der Waals surface area contributed by atoms with Crippen molar-refractivity contribution in [2.45, 2.75) is 25.7 Å². The number of nitrogens with zero attached hydrogens (tertiary/aromatic N) is 4. The first-order valence-electron chi connectivity index (χ1n) is 10.6. The molecule has 1 fully saturated rings. The summed E-state index contributed by atoms with van der Waals surface area (Å²) in [7, 11) is 0. The Morgan fingerprint density at radius 2 is 1.67 bits per heavy atom. The molecule has 1 aromatic heterocycles. The van der Waals surface area contributed by atoms with Crippen molar-refractivity contribution >= 4 is 28.8 Å². The van der Waals surface area contributed by atoms with Gasteiger partial charge < -0.3 is 15.1 Å². The van der Waals surface area contributed by atoms with Crippen LogP contribution in [-0.4, -0.2) is 35.5 Å².